The molecule has 9 heteroatoms. The standard InChI is InChI=1S/C19H21F2N3O3S/c20-15-5-3-13(11-16(15)21)19-17(7-10-27-19)23-18-6-4-14(12-22-18)28(25,26)24-8-1-2-9-24/h3-6,11-12,17,19H,1-2,7-10H2,(H,22,23). The molecule has 2 aromatic rings. The second-order valence-electron chi connectivity index (χ2n) is 6.99. The van der Waals surface area contributed by atoms with Crippen LogP contribution in [0.4, 0.5) is 14.6 Å². The van der Waals surface area contributed by atoms with Crippen LogP contribution in [0.1, 0.15) is 30.9 Å². The Morgan fingerprint density at radius 2 is 1.89 bits per heavy atom. The van der Waals surface area contributed by atoms with E-state index in [-0.39, 0.29) is 10.9 Å². The summed E-state index contributed by atoms with van der Waals surface area (Å²) in [6, 6.07) is 6.69. The molecule has 4 rings (SSSR count). The van der Waals surface area contributed by atoms with Gasteiger partial charge in [-0.2, -0.15) is 4.31 Å². The highest BCUT2D eigenvalue weighted by molar-refractivity contribution is 7.89. The van der Waals surface area contributed by atoms with Crippen LogP contribution in [0.5, 0.6) is 0 Å². The van der Waals surface area contributed by atoms with Crippen LogP contribution in [-0.2, 0) is 14.8 Å². The summed E-state index contributed by atoms with van der Waals surface area (Å²) in [6.45, 7) is 1.55. The number of benzene rings is 1. The summed E-state index contributed by atoms with van der Waals surface area (Å²) >= 11 is 0. The lowest BCUT2D eigenvalue weighted by Gasteiger charge is -2.21. The van der Waals surface area contributed by atoms with Crippen LogP contribution in [0.25, 0.3) is 0 Å². The fraction of sp³-hybridized carbons (Fsp3) is 0.421. The van der Waals surface area contributed by atoms with Crippen LogP contribution in [0.3, 0.4) is 0 Å². The maximum Gasteiger partial charge on any atom is 0.244 e. The molecule has 2 aliphatic heterocycles. The minimum Gasteiger partial charge on any atom is -0.371 e. The SMILES string of the molecule is O=S(=O)(c1ccc(NC2CCOC2c2ccc(F)c(F)c2)nc1)N1CCCC1. The number of halogens is 2. The lowest BCUT2D eigenvalue weighted by Crippen LogP contribution is -2.28. The van der Waals surface area contributed by atoms with Gasteiger partial charge in [-0.1, -0.05) is 6.07 Å². The molecule has 1 N–H and O–H groups in total. The Kier molecular flexibility index (Phi) is 5.31. The molecule has 3 heterocycles. The number of nitrogens with zero attached hydrogens (tertiary/aromatic N) is 2. The summed E-state index contributed by atoms with van der Waals surface area (Å²) in [6.07, 6.45) is 3.32. The van der Waals surface area contributed by atoms with Crippen LogP contribution in [0.2, 0.25) is 0 Å². The van der Waals surface area contributed by atoms with Crippen molar-refractivity contribution in [1.29, 1.82) is 0 Å². The van der Waals surface area contributed by atoms with Crippen LogP contribution in [0, 0.1) is 11.6 Å². The van der Waals surface area contributed by atoms with Gasteiger partial charge in [-0.25, -0.2) is 22.2 Å². The predicted octanol–water partition coefficient (Wildman–Crippen LogP) is 3.09. The number of nitrogens with one attached hydrogen (secondary N) is 1. The van der Waals surface area contributed by atoms with E-state index in [2.05, 4.69) is 10.3 Å². The smallest absolute Gasteiger partial charge is 0.244 e. The van der Waals surface area contributed by atoms with Crippen molar-refractivity contribution in [1.82, 2.24) is 9.29 Å². The average Bonchev–Trinajstić information content (AvgIpc) is 3.37. The summed E-state index contributed by atoms with van der Waals surface area (Å²) in [7, 11) is -3.50. The van der Waals surface area contributed by atoms with Gasteiger partial charge in [0.05, 0.1) is 6.04 Å². The van der Waals surface area contributed by atoms with Crippen molar-refractivity contribution in [3.8, 4) is 0 Å². The van der Waals surface area contributed by atoms with Gasteiger partial charge in [-0.15, -0.1) is 0 Å². The van der Waals surface area contributed by atoms with Gasteiger partial charge >= 0.3 is 0 Å². The number of anilines is 1. The molecule has 6 nitrogen and oxygen atoms in total. The minimum absolute atomic E-state index is 0.166. The van der Waals surface area contributed by atoms with Gasteiger partial charge in [-0.3, -0.25) is 0 Å². The van der Waals surface area contributed by atoms with Gasteiger partial charge in [0.15, 0.2) is 11.6 Å². The maximum absolute atomic E-state index is 13.5. The molecule has 2 saturated heterocycles. The molecule has 150 valence electrons. The Morgan fingerprint density at radius 1 is 1.11 bits per heavy atom. The van der Waals surface area contributed by atoms with Gasteiger partial charge in [0.25, 0.3) is 0 Å². The summed E-state index contributed by atoms with van der Waals surface area (Å²) in [5.74, 6) is -1.31. The summed E-state index contributed by atoms with van der Waals surface area (Å²) in [5.41, 5.74) is 0.544. The molecule has 2 atom stereocenters. The molecular weight excluding hydrogens is 388 g/mol. The van der Waals surface area contributed by atoms with E-state index in [4.69, 9.17) is 4.74 Å². The zero-order valence-electron chi connectivity index (χ0n) is 15.1. The van der Waals surface area contributed by atoms with Crippen molar-refractivity contribution in [2.45, 2.75) is 36.3 Å². The van der Waals surface area contributed by atoms with Crippen molar-refractivity contribution in [3.63, 3.8) is 0 Å². The minimum atomic E-state index is -3.50. The molecule has 28 heavy (non-hydrogen) atoms. The highest BCUT2D eigenvalue weighted by Gasteiger charge is 2.31. The Hall–Kier alpha value is -2.10. The zero-order valence-corrected chi connectivity index (χ0v) is 16.0. The van der Waals surface area contributed by atoms with E-state index < -0.39 is 27.8 Å². The number of sulfonamides is 1. The number of pyridine rings is 1. The predicted molar refractivity (Wildman–Crippen MR) is 99.3 cm³/mol. The third kappa shape index (κ3) is 3.74. The van der Waals surface area contributed by atoms with E-state index in [1.54, 1.807) is 6.07 Å². The van der Waals surface area contributed by atoms with Gasteiger partial charge < -0.3 is 10.1 Å². The number of ether oxygens (including phenoxy) is 1. The van der Waals surface area contributed by atoms with Crippen LogP contribution < -0.4 is 5.32 Å². The van der Waals surface area contributed by atoms with E-state index in [1.165, 1.54) is 22.6 Å². The maximum atomic E-state index is 13.5. The fourth-order valence-electron chi connectivity index (χ4n) is 3.64. The second kappa shape index (κ2) is 7.73. The van der Waals surface area contributed by atoms with Crippen LogP contribution in [-0.4, -0.2) is 43.4 Å². The van der Waals surface area contributed by atoms with Crippen molar-refractivity contribution in [2.75, 3.05) is 25.0 Å². The number of aromatic nitrogens is 1. The average molecular weight is 409 g/mol. The van der Waals surface area contributed by atoms with E-state index in [1.807, 2.05) is 0 Å². The molecule has 0 bridgehead atoms. The molecule has 2 aliphatic rings. The molecule has 0 spiro atoms. The normalized spacial score (nSPS) is 23.2. The number of hydrogen-bond donors (Lipinski definition) is 1. The van der Waals surface area contributed by atoms with Gasteiger partial charge in [-0.05, 0) is 49.1 Å². The molecule has 2 unspecified atom stereocenters. The molecule has 1 aromatic heterocycles. The summed E-state index contributed by atoms with van der Waals surface area (Å²) in [5, 5.41) is 3.21. The monoisotopic (exact) mass is 409 g/mol. The molecular formula is C19H21F2N3O3S. The lowest BCUT2D eigenvalue weighted by atomic mass is 10.0. The third-order valence-corrected chi connectivity index (χ3v) is 7.02. The van der Waals surface area contributed by atoms with E-state index >= 15 is 0 Å². The lowest BCUT2D eigenvalue weighted by molar-refractivity contribution is 0.107. The first-order valence-electron chi connectivity index (χ1n) is 9.24. The van der Waals surface area contributed by atoms with Crippen molar-refractivity contribution in [2.24, 2.45) is 0 Å². The molecule has 0 saturated carbocycles. The number of rotatable bonds is 5. The highest BCUT2D eigenvalue weighted by atomic mass is 32.2. The molecule has 0 amide bonds. The van der Waals surface area contributed by atoms with Crippen molar-refractivity contribution < 1.29 is 21.9 Å². The zero-order chi connectivity index (χ0) is 19.7. The fourth-order valence-corrected chi connectivity index (χ4v) is 5.10. The summed E-state index contributed by atoms with van der Waals surface area (Å²) < 4.78 is 59.0. The highest BCUT2D eigenvalue weighted by Crippen LogP contribution is 2.32. The Labute approximate surface area is 162 Å². The van der Waals surface area contributed by atoms with Gasteiger partial charge in [0.2, 0.25) is 10.0 Å². The topological polar surface area (TPSA) is 71.5 Å². The first-order chi connectivity index (χ1) is 13.4. The quantitative estimate of drug-likeness (QED) is 0.822. The molecule has 0 radical (unpaired) electrons. The van der Waals surface area contributed by atoms with Crippen LogP contribution >= 0.6 is 0 Å². The van der Waals surface area contributed by atoms with Gasteiger partial charge in [0.1, 0.15) is 16.8 Å². The molecule has 1 aromatic carbocycles. The largest absolute Gasteiger partial charge is 0.371 e. The summed E-state index contributed by atoms with van der Waals surface area (Å²) in [4.78, 5) is 4.40. The molecule has 0 aliphatic carbocycles. The van der Waals surface area contributed by atoms with Crippen LogP contribution in [0.15, 0.2) is 41.4 Å². The first kappa shape index (κ1) is 19.2. The van der Waals surface area contributed by atoms with E-state index in [0.717, 1.165) is 25.0 Å². The van der Waals surface area contributed by atoms with Crippen molar-refractivity contribution in [3.05, 3.63) is 53.7 Å². The second-order valence-corrected chi connectivity index (χ2v) is 8.93. The van der Waals surface area contributed by atoms with Crippen molar-refractivity contribution >= 4 is 15.8 Å². The first-order valence-corrected chi connectivity index (χ1v) is 10.7. The van der Waals surface area contributed by atoms with E-state index in [9.17, 15) is 17.2 Å². The third-order valence-electron chi connectivity index (χ3n) is 5.14. The Bertz CT molecular complexity index is 947. The Balaban J connectivity index is 1.48. The molecule has 2 fully saturated rings. The number of hydrogen-bond acceptors (Lipinski definition) is 5. The Morgan fingerprint density at radius 3 is 2.57 bits per heavy atom. The van der Waals surface area contributed by atoms with E-state index in [0.29, 0.717) is 37.5 Å². The van der Waals surface area contributed by atoms with Gasteiger partial charge in [0, 0.05) is 25.9 Å².